The SMILES string of the molecule is COC1CCCC1NS(=O)(=O)N(C)CCCN. The molecule has 0 aromatic heterocycles. The Morgan fingerprint density at radius 3 is 2.76 bits per heavy atom. The Morgan fingerprint density at radius 1 is 1.47 bits per heavy atom. The van der Waals surface area contributed by atoms with Crippen LogP contribution in [0.3, 0.4) is 0 Å². The van der Waals surface area contributed by atoms with Crippen molar-refractivity contribution in [2.24, 2.45) is 5.73 Å². The molecule has 0 radical (unpaired) electrons. The van der Waals surface area contributed by atoms with Gasteiger partial charge in [-0.05, 0) is 32.2 Å². The van der Waals surface area contributed by atoms with Crippen LogP contribution in [0.15, 0.2) is 0 Å². The average molecular weight is 265 g/mol. The molecule has 0 aromatic rings. The molecule has 1 aliphatic rings. The Labute approximate surface area is 104 Å². The van der Waals surface area contributed by atoms with E-state index in [1.807, 2.05) is 0 Å². The van der Waals surface area contributed by atoms with Gasteiger partial charge >= 0.3 is 0 Å². The zero-order valence-corrected chi connectivity index (χ0v) is 11.4. The second-order valence-electron chi connectivity index (χ2n) is 4.40. The number of ether oxygens (including phenoxy) is 1. The Hall–Kier alpha value is -0.210. The molecule has 6 nitrogen and oxygen atoms in total. The summed E-state index contributed by atoms with van der Waals surface area (Å²) in [5.74, 6) is 0. The lowest BCUT2D eigenvalue weighted by molar-refractivity contribution is 0.0911. The van der Waals surface area contributed by atoms with Crippen LogP contribution >= 0.6 is 0 Å². The molecule has 1 saturated carbocycles. The summed E-state index contributed by atoms with van der Waals surface area (Å²) in [5.41, 5.74) is 5.37. The molecule has 7 heteroatoms. The quantitative estimate of drug-likeness (QED) is 0.660. The number of hydrogen-bond donors (Lipinski definition) is 2. The Bertz CT molecular complexity index is 321. The molecule has 0 spiro atoms. The van der Waals surface area contributed by atoms with Gasteiger partial charge in [-0.1, -0.05) is 0 Å². The van der Waals surface area contributed by atoms with Gasteiger partial charge in [0.05, 0.1) is 6.10 Å². The zero-order valence-electron chi connectivity index (χ0n) is 10.6. The van der Waals surface area contributed by atoms with Crippen LogP contribution in [0.2, 0.25) is 0 Å². The highest BCUT2D eigenvalue weighted by Crippen LogP contribution is 2.22. The minimum Gasteiger partial charge on any atom is -0.380 e. The largest absolute Gasteiger partial charge is 0.380 e. The van der Waals surface area contributed by atoms with Gasteiger partial charge in [0.25, 0.3) is 10.2 Å². The monoisotopic (exact) mass is 265 g/mol. The predicted octanol–water partition coefficient (Wildman–Crippen LogP) is -0.331. The first-order valence-corrected chi connectivity index (χ1v) is 7.41. The zero-order chi connectivity index (χ0) is 12.9. The van der Waals surface area contributed by atoms with E-state index in [4.69, 9.17) is 10.5 Å². The summed E-state index contributed by atoms with van der Waals surface area (Å²) < 4.78 is 33.2. The Morgan fingerprint density at radius 2 is 2.18 bits per heavy atom. The third-order valence-electron chi connectivity index (χ3n) is 3.14. The maximum absolute atomic E-state index is 12.0. The lowest BCUT2D eigenvalue weighted by Crippen LogP contribution is -2.47. The Kier molecular flexibility index (Phi) is 5.81. The molecule has 1 rings (SSSR count). The maximum atomic E-state index is 12.0. The highest BCUT2D eigenvalue weighted by molar-refractivity contribution is 7.87. The van der Waals surface area contributed by atoms with E-state index in [1.165, 1.54) is 4.31 Å². The molecule has 0 heterocycles. The fraction of sp³-hybridized carbons (Fsp3) is 1.00. The van der Waals surface area contributed by atoms with Crippen LogP contribution in [0.25, 0.3) is 0 Å². The van der Waals surface area contributed by atoms with E-state index in [0.29, 0.717) is 19.5 Å². The van der Waals surface area contributed by atoms with Crippen molar-refractivity contribution in [3.05, 3.63) is 0 Å². The van der Waals surface area contributed by atoms with Gasteiger partial charge in [-0.3, -0.25) is 0 Å². The van der Waals surface area contributed by atoms with E-state index in [1.54, 1.807) is 14.2 Å². The first kappa shape index (κ1) is 14.8. The molecule has 17 heavy (non-hydrogen) atoms. The molecule has 3 N–H and O–H groups in total. The van der Waals surface area contributed by atoms with Gasteiger partial charge in [-0.2, -0.15) is 17.4 Å². The lowest BCUT2D eigenvalue weighted by Gasteiger charge is -2.23. The third kappa shape index (κ3) is 4.18. The molecule has 2 unspecified atom stereocenters. The normalized spacial score (nSPS) is 25.6. The third-order valence-corrected chi connectivity index (χ3v) is 4.75. The minimum atomic E-state index is -3.41. The van der Waals surface area contributed by atoms with Crippen LogP contribution in [0.1, 0.15) is 25.7 Å². The van der Waals surface area contributed by atoms with Crippen LogP contribution in [-0.2, 0) is 14.9 Å². The maximum Gasteiger partial charge on any atom is 0.279 e. The van der Waals surface area contributed by atoms with Crippen molar-refractivity contribution in [2.75, 3.05) is 27.2 Å². The summed E-state index contributed by atoms with van der Waals surface area (Å²) in [6.07, 6.45) is 3.40. The smallest absolute Gasteiger partial charge is 0.279 e. The van der Waals surface area contributed by atoms with E-state index in [9.17, 15) is 8.42 Å². The van der Waals surface area contributed by atoms with E-state index in [2.05, 4.69) is 4.72 Å². The van der Waals surface area contributed by atoms with E-state index < -0.39 is 10.2 Å². The van der Waals surface area contributed by atoms with Crippen LogP contribution in [0.4, 0.5) is 0 Å². The van der Waals surface area contributed by atoms with Crippen LogP contribution < -0.4 is 10.5 Å². The minimum absolute atomic E-state index is 0.00677. The second kappa shape index (κ2) is 6.65. The predicted molar refractivity (Wildman–Crippen MR) is 66.8 cm³/mol. The van der Waals surface area contributed by atoms with Crippen molar-refractivity contribution in [3.8, 4) is 0 Å². The van der Waals surface area contributed by atoms with Gasteiger partial charge < -0.3 is 10.5 Å². The molecule has 0 aliphatic heterocycles. The lowest BCUT2D eigenvalue weighted by atomic mass is 10.2. The molecule has 0 bridgehead atoms. The van der Waals surface area contributed by atoms with Crippen LogP contribution in [0, 0.1) is 0 Å². The fourth-order valence-corrected chi connectivity index (χ4v) is 3.26. The van der Waals surface area contributed by atoms with Crippen molar-refractivity contribution in [3.63, 3.8) is 0 Å². The van der Waals surface area contributed by atoms with Crippen molar-refractivity contribution in [1.82, 2.24) is 9.03 Å². The molecule has 1 aliphatic carbocycles. The van der Waals surface area contributed by atoms with Crippen molar-refractivity contribution >= 4 is 10.2 Å². The van der Waals surface area contributed by atoms with Gasteiger partial charge in [0, 0.05) is 26.7 Å². The summed E-state index contributed by atoms with van der Waals surface area (Å²) in [6.45, 7) is 0.931. The molecule has 1 fully saturated rings. The van der Waals surface area contributed by atoms with Crippen LogP contribution in [0.5, 0.6) is 0 Å². The first-order chi connectivity index (χ1) is 8.01. The standard InChI is InChI=1S/C10H23N3O3S/c1-13(8-4-7-11)17(14,15)12-9-5-3-6-10(9)16-2/h9-10,12H,3-8,11H2,1-2H3. The van der Waals surface area contributed by atoms with Crippen molar-refractivity contribution in [2.45, 2.75) is 37.8 Å². The molecular weight excluding hydrogens is 242 g/mol. The van der Waals surface area contributed by atoms with Gasteiger partial charge in [-0.25, -0.2) is 0 Å². The van der Waals surface area contributed by atoms with Gasteiger partial charge in [0.1, 0.15) is 0 Å². The number of methoxy groups -OCH3 is 1. The number of nitrogens with one attached hydrogen (secondary N) is 1. The molecule has 102 valence electrons. The fourth-order valence-electron chi connectivity index (χ4n) is 2.06. The molecule has 0 aromatic carbocycles. The average Bonchev–Trinajstić information content (AvgIpc) is 2.72. The molecular formula is C10H23N3O3S. The summed E-state index contributed by atoms with van der Waals surface area (Å²) in [6, 6.07) is -0.106. The molecule has 2 atom stereocenters. The summed E-state index contributed by atoms with van der Waals surface area (Å²) in [4.78, 5) is 0. The number of rotatable bonds is 7. The van der Waals surface area contributed by atoms with Crippen molar-refractivity contribution < 1.29 is 13.2 Å². The summed E-state index contributed by atoms with van der Waals surface area (Å²) in [5, 5.41) is 0. The highest BCUT2D eigenvalue weighted by Gasteiger charge is 2.31. The topological polar surface area (TPSA) is 84.7 Å². The number of nitrogens with zero attached hydrogens (tertiary/aromatic N) is 1. The van der Waals surface area contributed by atoms with Gasteiger partial charge in [0.2, 0.25) is 0 Å². The molecule has 0 amide bonds. The first-order valence-electron chi connectivity index (χ1n) is 5.97. The van der Waals surface area contributed by atoms with Gasteiger partial charge in [-0.15, -0.1) is 0 Å². The van der Waals surface area contributed by atoms with Crippen LogP contribution in [-0.4, -0.2) is 52.1 Å². The van der Waals surface area contributed by atoms with Gasteiger partial charge in [0.15, 0.2) is 0 Å². The molecule has 0 saturated heterocycles. The van der Waals surface area contributed by atoms with E-state index in [-0.39, 0.29) is 12.1 Å². The number of hydrogen-bond acceptors (Lipinski definition) is 4. The van der Waals surface area contributed by atoms with E-state index in [0.717, 1.165) is 19.3 Å². The number of nitrogens with two attached hydrogens (primary N) is 1. The summed E-state index contributed by atoms with van der Waals surface area (Å²) >= 11 is 0. The highest BCUT2D eigenvalue weighted by atomic mass is 32.2. The second-order valence-corrected chi connectivity index (χ2v) is 6.21. The summed E-state index contributed by atoms with van der Waals surface area (Å²) in [7, 11) is -0.226. The Balaban J connectivity index is 2.53. The van der Waals surface area contributed by atoms with E-state index >= 15 is 0 Å². The van der Waals surface area contributed by atoms with Crippen molar-refractivity contribution in [1.29, 1.82) is 0 Å².